The molecule has 0 radical (unpaired) electrons. The minimum Gasteiger partial charge on any atom is -0.508 e. The Morgan fingerprint density at radius 2 is 1.96 bits per heavy atom. The van der Waals surface area contributed by atoms with Crippen LogP contribution in [0.1, 0.15) is 37.3 Å². The third-order valence-corrected chi connectivity index (χ3v) is 6.08. The quantitative estimate of drug-likeness (QED) is 0.779. The minimum atomic E-state index is -0.779. The van der Waals surface area contributed by atoms with E-state index in [-0.39, 0.29) is 23.7 Å². The lowest BCUT2D eigenvalue weighted by atomic mass is 9.82. The zero-order valence-corrected chi connectivity index (χ0v) is 15.7. The first-order valence-corrected chi connectivity index (χ1v) is 9.61. The number of fused-ring (bicyclic) bond motifs is 1. The normalized spacial score (nSPS) is 23.6. The molecule has 0 atom stereocenters. The fourth-order valence-corrected chi connectivity index (χ4v) is 4.37. The molecule has 0 spiro atoms. The fraction of sp³-hybridized carbons (Fsp3) is 0.474. The summed E-state index contributed by atoms with van der Waals surface area (Å²) in [5, 5.41) is 20.6. The number of hydrogen-bond donors (Lipinski definition) is 2. The Morgan fingerprint density at radius 3 is 2.65 bits per heavy atom. The first-order valence-electron chi connectivity index (χ1n) is 8.82. The molecule has 2 aliphatic rings. The molecule has 26 heavy (non-hydrogen) atoms. The summed E-state index contributed by atoms with van der Waals surface area (Å²) in [7, 11) is 0. The maximum Gasteiger partial charge on any atom is 0.306 e. The average molecular weight is 422 g/mol. The molecule has 138 valence electrons. The van der Waals surface area contributed by atoms with Crippen LogP contribution in [0.4, 0.5) is 0 Å². The zero-order chi connectivity index (χ0) is 18.3. The summed E-state index contributed by atoms with van der Waals surface area (Å²) in [6, 6.07) is 5.14. The number of carbonyl (C=O) groups is 1. The van der Waals surface area contributed by atoms with Gasteiger partial charge in [-0.3, -0.25) is 4.79 Å². The molecule has 1 saturated heterocycles. The van der Waals surface area contributed by atoms with Crippen molar-refractivity contribution in [3.8, 4) is 11.6 Å². The van der Waals surface area contributed by atoms with Gasteiger partial charge in [0.15, 0.2) is 0 Å². The van der Waals surface area contributed by atoms with Gasteiger partial charge >= 0.3 is 5.97 Å². The molecule has 0 amide bonds. The largest absolute Gasteiger partial charge is 0.508 e. The second kappa shape index (κ2) is 7.04. The van der Waals surface area contributed by atoms with Gasteiger partial charge in [-0.05, 0) is 59.8 Å². The topological polar surface area (TPSA) is 88.9 Å². The molecule has 0 bridgehead atoms. The van der Waals surface area contributed by atoms with Gasteiger partial charge in [-0.2, -0.15) is 0 Å². The van der Waals surface area contributed by atoms with E-state index in [4.69, 9.17) is 19.6 Å². The van der Waals surface area contributed by atoms with Crippen LogP contribution in [-0.4, -0.2) is 40.5 Å². The van der Waals surface area contributed by atoms with Crippen molar-refractivity contribution in [1.29, 1.82) is 0 Å². The van der Waals surface area contributed by atoms with Gasteiger partial charge in [0.2, 0.25) is 5.88 Å². The summed E-state index contributed by atoms with van der Waals surface area (Å²) in [5.41, 5.74) is 0.940. The first-order chi connectivity index (χ1) is 12.5. The molecule has 1 saturated carbocycles. The maximum absolute atomic E-state index is 11.0. The number of benzene rings is 1. The predicted molar refractivity (Wildman–Crippen MR) is 98.7 cm³/mol. The number of phenolic OH excluding ortho intramolecular Hbond substituents is 1. The highest BCUT2D eigenvalue weighted by atomic mass is 79.9. The standard InChI is InChI=1S/C19H20BrNO5/c20-16-14-2-1-12(22)9-15(14)18(26-13-7-11(8-13)19(23)24)21-17(16)10-3-5-25-6-4-10/h1-2,9-11,13,22H,3-8H2,(H,23,24)/t11-,13-. The number of aromatic hydroxyl groups is 1. The Bertz CT molecular complexity index is 843. The monoisotopic (exact) mass is 421 g/mol. The third kappa shape index (κ3) is 3.25. The molecule has 1 aromatic heterocycles. The summed E-state index contributed by atoms with van der Waals surface area (Å²) < 4.78 is 12.4. The van der Waals surface area contributed by atoms with E-state index in [1.807, 2.05) is 6.07 Å². The summed E-state index contributed by atoms with van der Waals surface area (Å²) in [4.78, 5) is 15.8. The van der Waals surface area contributed by atoms with E-state index in [2.05, 4.69) is 15.9 Å². The van der Waals surface area contributed by atoms with Gasteiger partial charge in [-0.25, -0.2) is 4.98 Å². The van der Waals surface area contributed by atoms with Crippen LogP contribution in [0, 0.1) is 5.92 Å². The summed E-state index contributed by atoms with van der Waals surface area (Å²) in [6.07, 6.45) is 2.62. The van der Waals surface area contributed by atoms with Crippen LogP contribution < -0.4 is 4.74 Å². The fourth-order valence-electron chi connectivity index (χ4n) is 3.61. The van der Waals surface area contributed by atoms with Gasteiger partial charge in [-0.15, -0.1) is 0 Å². The minimum absolute atomic E-state index is 0.145. The van der Waals surface area contributed by atoms with Crippen LogP contribution in [0.3, 0.4) is 0 Å². The summed E-state index contributed by atoms with van der Waals surface area (Å²) >= 11 is 3.68. The number of pyridine rings is 1. The molecule has 4 rings (SSSR count). The van der Waals surface area contributed by atoms with Gasteiger partial charge in [0.05, 0.1) is 11.6 Å². The molecule has 1 aliphatic heterocycles. The van der Waals surface area contributed by atoms with Crippen molar-refractivity contribution in [2.75, 3.05) is 13.2 Å². The van der Waals surface area contributed by atoms with Gasteiger partial charge in [-0.1, -0.05) is 0 Å². The number of hydrogen-bond acceptors (Lipinski definition) is 5. The zero-order valence-electron chi connectivity index (χ0n) is 14.2. The number of rotatable bonds is 4. The highest BCUT2D eigenvalue weighted by molar-refractivity contribution is 9.10. The van der Waals surface area contributed by atoms with E-state index in [1.54, 1.807) is 12.1 Å². The van der Waals surface area contributed by atoms with Gasteiger partial charge < -0.3 is 19.7 Å². The Labute approximate surface area is 159 Å². The van der Waals surface area contributed by atoms with Crippen LogP contribution in [0.25, 0.3) is 10.8 Å². The molecule has 0 unspecified atom stereocenters. The van der Waals surface area contributed by atoms with E-state index < -0.39 is 5.97 Å². The predicted octanol–water partition coefficient (Wildman–Crippen LogP) is 3.84. The van der Waals surface area contributed by atoms with E-state index in [0.29, 0.717) is 31.9 Å². The summed E-state index contributed by atoms with van der Waals surface area (Å²) in [6.45, 7) is 1.43. The molecule has 2 aromatic rings. The molecule has 6 nitrogen and oxygen atoms in total. The number of ether oxygens (including phenoxy) is 2. The smallest absolute Gasteiger partial charge is 0.306 e. The molecule has 7 heteroatoms. The molecule has 2 fully saturated rings. The molecule has 1 aliphatic carbocycles. The lowest BCUT2D eigenvalue weighted by Crippen LogP contribution is -2.38. The van der Waals surface area contributed by atoms with Crippen LogP contribution in [0.2, 0.25) is 0 Å². The highest BCUT2D eigenvalue weighted by Gasteiger charge is 2.37. The molecule has 2 heterocycles. The second-order valence-corrected chi connectivity index (χ2v) is 7.77. The van der Waals surface area contributed by atoms with Crippen molar-refractivity contribution in [3.63, 3.8) is 0 Å². The van der Waals surface area contributed by atoms with Crippen molar-refractivity contribution in [1.82, 2.24) is 4.98 Å². The Hall–Kier alpha value is -1.86. The lowest BCUT2D eigenvalue weighted by Gasteiger charge is -2.33. The Kier molecular flexibility index (Phi) is 4.75. The van der Waals surface area contributed by atoms with Crippen LogP contribution in [0.5, 0.6) is 11.6 Å². The van der Waals surface area contributed by atoms with Crippen LogP contribution >= 0.6 is 15.9 Å². The molecule has 2 N–H and O–H groups in total. The lowest BCUT2D eigenvalue weighted by molar-refractivity contribution is -0.148. The SMILES string of the molecule is O=C(O)[C@H]1C[C@H](Oc2nc(C3CCOCC3)c(Br)c3ccc(O)cc23)C1. The number of nitrogens with zero attached hydrogens (tertiary/aromatic N) is 1. The van der Waals surface area contributed by atoms with Gasteiger partial charge in [0, 0.05) is 34.4 Å². The van der Waals surface area contributed by atoms with Crippen molar-refractivity contribution in [2.24, 2.45) is 5.92 Å². The van der Waals surface area contributed by atoms with Crippen molar-refractivity contribution in [2.45, 2.75) is 37.7 Å². The van der Waals surface area contributed by atoms with Gasteiger partial charge in [0.1, 0.15) is 11.9 Å². The van der Waals surface area contributed by atoms with E-state index in [0.717, 1.165) is 33.8 Å². The number of phenols is 1. The summed E-state index contributed by atoms with van der Waals surface area (Å²) in [5.74, 6) is -0.225. The van der Waals surface area contributed by atoms with Crippen LogP contribution in [0.15, 0.2) is 22.7 Å². The van der Waals surface area contributed by atoms with Crippen molar-refractivity contribution in [3.05, 3.63) is 28.4 Å². The molecular formula is C19H20BrNO5. The highest BCUT2D eigenvalue weighted by Crippen LogP contribution is 2.41. The number of aliphatic carboxylic acids is 1. The molecular weight excluding hydrogens is 402 g/mol. The van der Waals surface area contributed by atoms with E-state index >= 15 is 0 Å². The average Bonchev–Trinajstić information content (AvgIpc) is 2.59. The van der Waals surface area contributed by atoms with Gasteiger partial charge in [0.25, 0.3) is 0 Å². The number of carboxylic acids is 1. The van der Waals surface area contributed by atoms with Crippen molar-refractivity contribution >= 4 is 32.7 Å². The second-order valence-electron chi connectivity index (χ2n) is 6.98. The Balaban J connectivity index is 1.71. The van der Waals surface area contributed by atoms with Crippen LogP contribution in [-0.2, 0) is 9.53 Å². The van der Waals surface area contributed by atoms with E-state index in [1.165, 1.54) is 0 Å². The number of aromatic nitrogens is 1. The third-order valence-electron chi connectivity index (χ3n) is 5.25. The number of carboxylic acid groups (broad SMARTS) is 1. The van der Waals surface area contributed by atoms with E-state index in [9.17, 15) is 9.90 Å². The maximum atomic E-state index is 11.0. The first kappa shape index (κ1) is 17.5. The molecule has 1 aromatic carbocycles. The van der Waals surface area contributed by atoms with Crippen molar-refractivity contribution < 1.29 is 24.5 Å². The number of halogens is 1. The Morgan fingerprint density at radius 1 is 1.23 bits per heavy atom.